The lowest BCUT2D eigenvalue weighted by Gasteiger charge is -2.44. The first-order valence-corrected chi connectivity index (χ1v) is 30.1. The number of anilines is 6. The Balaban J connectivity index is 0.790. The second-order valence-corrected chi connectivity index (χ2v) is 24.0. The number of benzene rings is 12. The van der Waals surface area contributed by atoms with Gasteiger partial charge in [0.15, 0.2) is 0 Å². The second-order valence-electron chi connectivity index (χ2n) is 22.9. The van der Waals surface area contributed by atoms with Gasteiger partial charge in [-0.3, -0.25) is 17.9 Å². The monoisotopic (exact) mass is 1110 g/mol. The van der Waals surface area contributed by atoms with E-state index in [2.05, 4.69) is 295 Å². The van der Waals surface area contributed by atoms with E-state index in [1.807, 2.05) is 11.8 Å². The highest BCUT2D eigenvalue weighted by Crippen LogP contribution is 2.47. The molecule has 398 valence electrons. The van der Waals surface area contributed by atoms with Crippen LogP contribution in [-0.2, 0) is 0 Å². The molecule has 0 unspecified atom stereocenters. The molecule has 20 rings (SSSR count). The van der Waals surface area contributed by atoms with Crippen LogP contribution in [0.3, 0.4) is 0 Å². The average molecular weight is 1110 g/mol. The third kappa shape index (κ3) is 6.32. The molecule has 16 aromatic rings. The van der Waals surface area contributed by atoms with Gasteiger partial charge >= 0.3 is 0 Å². The summed E-state index contributed by atoms with van der Waals surface area (Å²) in [6, 6.07) is 97.3. The molecule has 4 aliphatic heterocycles. The molecule has 0 bridgehead atoms. The average Bonchev–Trinajstić information content (AvgIpc) is 0.923. The van der Waals surface area contributed by atoms with Gasteiger partial charge in [-0.1, -0.05) is 163 Å². The molecular formula is C74H44B2N8OS. The molecule has 9 nitrogen and oxygen atoms in total. The van der Waals surface area contributed by atoms with Gasteiger partial charge in [0.25, 0.3) is 13.4 Å². The van der Waals surface area contributed by atoms with Crippen molar-refractivity contribution >= 4 is 148 Å². The van der Waals surface area contributed by atoms with E-state index in [1.54, 1.807) is 0 Å². The van der Waals surface area contributed by atoms with Crippen molar-refractivity contribution in [2.75, 3.05) is 9.80 Å². The lowest BCUT2D eigenvalue weighted by molar-refractivity contribution is 0.486. The fourth-order valence-corrected chi connectivity index (χ4v) is 16.1. The molecule has 0 saturated heterocycles. The summed E-state index contributed by atoms with van der Waals surface area (Å²) in [6.07, 6.45) is 0. The summed E-state index contributed by atoms with van der Waals surface area (Å²) >= 11 is 1.83. The number of nitrogens with zero attached hydrogens (tertiary/aromatic N) is 8. The van der Waals surface area contributed by atoms with Crippen LogP contribution in [0.2, 0.25) is 0 Å². The van der Waals surface area contributed by atoms with Gasteiger partial charge in [0.05, 0.1) is 55.5 Å². The Kier molecular flexibility index (Phi) is 9.37. The molecule has 4 aliphatic rings. The molecule has 12 aromatic carbocycles. The molecule has 0 fully saturated rings. The Labute approximate surface area is 498 Å². The molecule has 12 heteroatoms. The van der Waals surface area contributed by atoms with Crippen LogP contribution in [0.1, 0.15) is 0 Å². The lowest BCUT2D eigenvalue weighted by Crippen LogP contribution is -2.61. The number of ether oxygens (including phenoxy) is 1. The van der Waals surface area contributed by atoms with E-state index >= 15 is 0 Å². The maximum atomic E-state index is 6.88. The van der Waals surface area contributed by atoms with Crippen molar-refractivity contribution in [2.45, 2.75) is 9.79 Å². The van der Waals surface area contributed by atoms with Gasteiger partial charge in [-0.25, -0.2) is 9.97 Å². The highest BCUT2D eigenvalue weighted by atomic mass is 32.2. The van der Waals surface area contributed by atoms with Crippen molar-refractivity contribution in [1.82, 2.24) is 27.9 Å². The highest BCUT2D eigenvalue weighted by Gasteiger charge is 2.45. The van der Waals surface area contributed by atoms with Crippen molar-refractivity contribution in [2.24, 2.45) is 0 Å². The zero-order valence-electron chi connectivity index (χ0n) is 46.0. The molecule has 0 radical (unpaired) electrons. The lowest BCUT2D eigenvalue weighted by atomic mass is 9.33. The zero-order valence-corrected chi connectivity index (χ0v) is 46.8. The number of aromatic nitrogens is 6. The van der Waals surface area contributed by atoms with Gasteiger partial charge in [-0.15, -0.1) is 0 Å². The standard InChI is InChI=1S/C74H44B2N8OS/c1-3-19-47(20-4-1)79-57-27-11-7-23-51(57)75-54-39-45(36-38-58(54)80(48-21-5-2-6-22-48)66-42-49(41-65(79)71(66)75)81-60-29-13-15-31-62(60)83-59-28-12-10-26-55(59)77-73(81)83)46-35-37-56-64(40-46)84-63-32-16-14-30-61(63)82(74(84)78-56)50-43-68-72-70(44-50)86-69-34-18-9-25-53(69)76(72)52-24-8-17-33-67(52)85-68/h1-44H. The fourth-order valence-electron chi connectivity index (χ4n) is 14.9. The Morgan fingerprint density at radius 2 is 0.837 bits per heavy atom. The number of fused-ring (bicyclic) bond motifs is 18. The minimum absolute atomic E-state index is 0.0870. The predicted molar refractivity (Wildman–Crippen MR) is 354 cm³/mol. The van der Waals surface area contributed by atoms with Crippen molar-refractivity contribution in [3.05, 3.63) is 267 Å². The molecule has 0 spiro atoms. The molecular weight excluding hydrogens is 1070 g/mol. The molecule has 4 aromatic heterocycles. The Morgan fingerprint density at radius 1 is 0.314 bits per heavy atom. The highest BCUT2D eigenvalue weighted by molar-refractivity contribution is 8.00. The quantitative estimate of drug-likeness (QED) is 0.160. The van der Waals surface area contributed by atoms with Crippen molar-refractivity contribution < 1.29 is 4.74 Å². The van der Waals surface area contributed by atoms with E-state index in [-0.39, 0.29) is 13.4 Å². The van der Waals surface area contributed by atoms with E-state index in [1.165, 1.54) is 42.6 Å². The normalized spacial score (nSPS) is 13.5. The van der Waals surface area contributed by atoms with Crippen LogP contribution < -0.4 is 47.3 Å². The third-order valence-corrected chi connectivity index (χ3v) is 19.6. The predicted octanol–water partition coefficient (Wildman–Crippen LogP) is 14.0. The first kappa shape index (κ1) is 46.5. The summed E-state index contributed by atoms with van der Waals surface area (Å²) in [5.74, 6) is 3.51. The molecule has 0 atom stereocenters. The number of hydrogen-bond acceptors (Lipinski definition) is 6. The van der Waals surface area contributed by atoms with Crippen LogP contribution in [0.25, 0.3) is 78.2 Å². The van der Waals surface area contributed by atoms with Crippen molar-refractivity contribution in [3.63, 3.8) is 0 Å². The van der Waals surface area contributed by atoms with Crippen LogP contribution in [0.4, 0.5) is 34.1 Å². The van der Waals surface area contributed by atoms with Gasteiger partial charge in [0.1, 0.15) is 11.5 Å². The van der Waals surface area contributed by atoms with Crippen LogP contribution in [0.5, 0.6) is 11.5 Å². The first-order chi connectivity index (χ1) is 42.7. The maximum Gasteiger partial charge on any atom is 0.253 e. The zero-order chi connectivity index (χ0) is 55.9. The van der Waals surface area contributed by atoms with Gasteiger partial charge in [0.2, 0.25) is 11.6 Å². The summed E-state index contributed by atoms with van der Waals surface area (Å²) in [5.41, 5.74) is 26.8. The summed E-state index contributed by atoms with van der Waals surface area (Å²) < 4.78 is 16.2. The smallest absolute Gasteiger partial charge is 0.253 e. The van der Waals surface area contributed by atoms with E-state index in [0.717, 1.165) is 124 Å². The van der Waals surface area contributed by atoms with Crippen LogP contribution >= 0.6 is 11.8 Å². The molecule has 86 heavy (non-hydrogen) atoms. The van der Waals surface area contributed by atoms with Crippen LogP contribution in [-0.4, -0.2) is 41.3 Å². The minimum atomic E-state index is -0.111. The number of imidazole rings is 4. The molecule has 0 saturated carbocycles. The first-order valence-electron chi connectivity index (χ1n) is 29.3. The Bertz CT molecular complexity index is 5530. The fraction of sp³-hybridized carbons (Fsp3) is 0. The number of para-hydroxylation sites is 10. The van der Waals surface area contributed by atoms with Gasteiger partial charge in [-0.2, -0.15) is 0 Å². The number of hydrogen-bond donors (Lipinski definition) is 0. The maximum absolute atomic E-state index is 6.88. The van der Waals surface area contributed by atoms with Crippen LogP contribution in [0.15, 0.2) is 277 Å². The summed E-state index contributed by atoms with van der Waals surface area (Å²) in [5, 5.41) is 0. The number of rotatable bonds is 5. The Hall–Kier alpha value is -10.9. The summed E-state index contributed by atoms with van der Waals surface area (Å²) in [6.45, 7) is -0.0240. The van der Waals surface area contributed by atoms with Crippen molar-refractivity contribution in [1.29, 1.82) is 0 Å². The van der Waals surface area contributed by atoms with E-state index in [4.69, 9.17) is 14.7 Å². The third-order valence-electron chi connectivity index (χ3n) is 18.4. The van der Waals surface area contributed by atoms with Gasteiger partial charge in [-0.05, 0) is 154 Å². The van der Waals surface area contributed by atoms with Gasteiger partial charge in [0, 0.05) is 50.0 Å². The van der Waals surface area contributed by atoms with Gasteiger partial charge < -0.3 is 14.5 Å². The molecule has 0 aliphatic carbocycles. The van der Waals surface area contributed by atoms with Crippen LogP contribution in [0, 0.1) is 0 Å². The van der Waals surface area contributed by atoms with E-state index in [9.17, 15) is 0 Å². The SMILES string of the molecule is c1ccc(N2c3ccccc3B3c4cc(-c5ccc6nc7n(-c8cc9c%10c(c8)Sc8ccccc8B%10c8ccccc8O9)c8ccccc8n7c6c5)ccc4N(c4ccccc4)c4cc(-n5c6ccccc6n6c7ccccc7nc56)cc2c43)cc1. The van der Waals surface area contributed by atoms with E-state index in [0.29, 0.717) is 0 Å². The summed E-state index contributed by atoms with van der Waals surface area (Å²) in [7, 11) is 0. The Morgan fingerprint density at radius 3 is 1.56 bits per heavy atom. The summed E-state index contributed by atoms with van der Waals surface area (Å²) in [4.78, 5) is 18.3. The molecule has 0 amide bonds. The minimum Gasteiger partial charge on any atom is -0.458 e. The second kappa shape index (κ2) is 17.3. The largest absolute Gasteiger partial charge is 0.458 e. The molecule has 8 heterocycles. The molecule has 0 N–H and O–H groups in total. The topological polar surface area (TPSA) is 60.2 Å². The van der Waals surface area contributed by atoms with Crippen molar-refractivity contribution in [3.8, 4) is 34.0 Å². The van der Waals surface area contributed by atoms with E-state index < -0.39 is 0 Å².